The van der Waals surface area contributed by atoms with Gasteiger partial charge >= 0.3 is 0 Å². The predicted octanol–water partition coefficient (Wildman–Crippen LogP) is 1.62. The highest BCUT2D eigenvalue weighted by Gasteiger charge is 2.24. The minimum Gasteiger partial charge on any atom is -0.339 e. The van der Waals surface area contributed by atoms with Crippen LogP contribution in [0, 0.1) is 0 Å². The SMILES string of the molecule is C[C@@H]1CN(C(=O)Cc2ccc(-n3cccn3)cc2)C[C@H](C)N1. The van der Waals surface area contributed by atoms with Crippen molar-refractivity contribution >= 4 is 5.91 Å². The van der Waals surface area contributed by atoms with Gasteiger partial charge in [0.15, 0.2) is 0 Å². The summed E-state index contributed by atoms with van der Waals surface area (Å²) in [6.07, 6.45) is 4.12. The fraction of sp³-hybridized carbons (Fsp3) is 0.412. The van der Waals surface area contributed by atoms with Crippen LogP contribution in [-0.4, -0.2) is 45.8 Å². The van der Waals surface area contributed by atoms with E-state index in [1.807, 2.05) is 46.1 Å². The van der Waals surface area contributed by atoms with Crippen LogP contribution in [0.2, 0.25) is 0 Å². The van der Waals surface area contributed by atoms with E-state index in [1.54, 1.807) is 6.20 Å². The first-order chi connectivity index (χ1) is 10.6. The summed E-state index contributed by atoms with van der Waals surface area (Å²) in [5.41, 5.74) is 2.05. The van der Waals surface area contributed by atoms with Gasteiger partial charge in [0.05, 0.1) is 12.1 Å². The standard InChI is InChI=1S/C17H22N4O/c1-13-11-20(12-14(2)19-13)17(22)10-15-4-6-16(7-5-15)21-9-3-8-18-21/h3-9,13-14,19H,10-12H2,1-2H3/t13-,14+. The van der Waals surface area contributed by atoms with E-state index in [4.69, 9.17) is 0 Å². The normalized spacial score (nSPS) is 21.8. The van der Waals surface area contributed by atoms with Gasteiger partial charge in [-0.25, -0.2) is 4.68 Å². The Kier molecular flexibility index (Phi) is 4.24. The van der Waals surface area contributed by atoms with Crippen LogP contribution < -0.4 is 5.32 Å². The zero-order valence-corrected chi connectivity index (χ0v) is 13.1. The molecule has 116 valence electrons. The van der Waals surface area contributed by atoms with Crippen LogP contribution in [0.1, 0.15) is 19.4 Å². The van der Waals surface area contributed by atoms with Crippen molar-refractivity contribution in [3.8, 4) is 5.69 Å². The van der Waals surface area contributed by atoms with Crippen molar-refractivity contribution < 1.29 is 4.79 Å². The van der Waals surface area contributed by atoms with Gasteiger partial charge in [0.25, 0.3) is 0 Å². The fourth-order valence-corrected chi connectivity index (χ4v) is 3.00. The van der Waals surface area contributed by atoms with E-state index >= 15 is 0 Å². The van der Waals surface area contributed by atoms with Crippen molar-refractivity contribution in [2.24, 2.45) is 0 Å². The Morgan fingerprint density at radius 2 is 1.91 bits per heavy atom. The maximum absolute atomic E-state index is 12.5. The largest absolute Gasteiger partial charge is 0.339 e. The van der Waals surface area contributed by atoms with Crippen LogP contribution in [0.3, 0.4) is 0 Å². The minimum atomic E-state index is 0.201. The van der Waals surface area contributed by atoms with E-state index in [0.29, 0.717) is 18.5 Å². The van der Waals surface area contributed by atoms with E-state index in [9.17, 15) is 4.79 Å². The smallest absolute Gasteiger partial charge is 0.227 e. The van der Waals surface area contributed by atoms with Gasteiger partial charge in [0.1, 0.15) is 0 Å². The molecule has 2 atom stereocenters. The monoisotopic (exact) mass is 298 g/mol. The number of carbonyl (C=O) groups is 1. The number of benzene rings is 1. The molecule has 0 unspecified atom stereocenters. The molecule has 1 N–H and O–H groups in total. The first-order valence-electron chi connectivity index (χ1n) is 7.74. The molecule has 0 spiro atoms. The molecule has 3 rings (SSSR count). The number of hydrogen-bond acceptors (Lipinski definition) is 3. The van der Waals surface area contributed by atoms with Crippen molar-refractivity contribution in [2.75, 3.05) is 13.1 Å². The van der Waals surface area contributed by atoms with Gasteiger partial charge < -0.3 is 10.2 Å². The Hall–Kier alpha value is -2.14. The molecule has 1 amide bonds. The molecule has 0 aliphatic carbocycles. The summed E-state index contributed by atoms with van der Waals surface area (Å²) >= 11 is 0. The van der Waals surface area contributed by atoms with Gasteiger partial charge in [-0.2, -0.15) is 5.10 Å². The maximum atomic E-state index is 12.5. The summed E-state index contributed by atoms with van der Waals surface area (Å²) in [5.74, 6) is 0.201. The topological polar surface area (TPSA) is 50.2 Å². The van der Waals surface area contributed by atoms with E-state index in [0.717, 1.165) is 24.3 Å². The number of aromatic nitrogens is 2. The molecule has 1 saturated heterocycles. The molecular formula is C17H22N4O. The van der Waals surface area contributed by atoms with Gasteiger partial charge in [-0.3, -0.25) is 4.79 Å². The zero-order valence-electron chi connectivity index (χ0n) is 13.1. The second-order valence-corrected chi connectivity index (χ2v) is 6.06. The number of piperazine rings is 1. The van der Waals surface area contributed by atoms with Crippen LogP contribution in [0.15, 0.2) is 42.7 Å². The first-order valence-corrected chi connectivity index (χ1v) is 7.74. The lowest BCUT2D eigenvalue weighted by atomic mass is 10.1. The molecular weight excluding hydrogens is 276 g/mol. The van der Waals surface area contributed by atoms with Crippen LogP contribution in [0.5, 0.6) is 0 Å². The lowest BCUT2D eigenvalue weighted by Crippen LogP contribution is -2.56. The Balaban J connectivity index is 1.64. The summed E-state index contributed by atoms with van der Waals surface area (Å²) < 4.78 is 1.81. The molecule has 0 radical (unpaired) electrons. The van der Waals surface area contributed by atoms with Gasteiger partial charge in [-0.05, 0) is 37.6 Å². The summed E-state index contributed by atoms with van der Waals surface area (Å²) in [5, 5.41) is 7.65. The molecule has 5 nitrogen and oxygen atoms in total. The third kappa shape index (κ3) is 3.36. The molecule has 0 saturated carbocycles. The number of rotatable bonds is 3. The Morgan fingerprint density at radius 3 is 2.50 bits per heavy atom. The van der Waals surface area contributed by atoms with Crippen LogP contribution in [0.4, 0.5) is 0 Å². The number of nitrogens with one attached hydrogen (secondary N) is 1. The van der Waals surface area contributed by atoms with Gasteiger partial charge in [0.2, 0.25) is 5.91 Å². The Bertz CT molecular complexity index is 611. The van der Waals surface area contributed by atoms with Crippen molar-refractivity contribution in [3.05, 3.63) is 48.3 Å². The molecule has 1 aliphatic rings. The van der Waals surface area contributed by atoms with Gasteiger partial charge in [-0.1, -0.05) is 12.1 Å². The summed E-state index contributed by atoms with van der Waals surface area (Å²) in [6.45, 7) is 5.81. The van der Waals surface area contributed by atoms with E-state index in [2.05, 4.69) is 24.3 Å². The van der Waals surface area contributed by atoms with Gasteiger partial charge in [0, 0.05) is 37.6 Å². The van der Waals surface area contributed by atoms with Crippen molar-refractivity contribution in [3.63, 3.8) is 0 Å². The van der Waals surface area contributed by atoms with E-state index < -0.39 is 0 Å². The Morgan fingerprint density at radius 1 is 1.23 bits per heavy atom. The molecule has 1 fully saturated rings. The van der Waals surface area contributed by atoms with E-state index in [1.165, 1.54) is 0 Å². The van der Waals surface area contributed by atoms with Crippen LogP contribution >= 0.6 is 0 Å². The Labute approximate surface area is 130 Å². The quantitative estimate of drug-likeness (QED) is 0.937. The van der Waals surface area contributed by atoms with Crippen molar-refractivity contribution in [1.29, 1.82) is 0 Å². The molecule has 2 heterocycles. The van der Waals surface area contributed by atoms with Crippen LogP contribution in [0.25, 0.3) is 5.69 Å². The first kappa shape index (κ1) is 14.8. The lowest BCUT2D eigenvalue weighted by molar-refractivity contribution is -0.132. The summed E-state index contributed by atoms with van der Waals surface area (Å²) in [7, 11) is 0. The van der Waals surface area contributed by atoms with Gasteiger partial charge in [-0.15, -0.1) is 0 Å². The molecule has 1 aromatic heterocycles. The second-order valence-electron chi connectivity index (χ2n) is 6.06. The molecule has 0 bridgehead atoms. The number of hydrogen-bond donors (Lipinski definition) is 1. The minimum absolute atomic E-state index is 0.201. The third-order valence-corrected chi connectivity index (χ3v) is 3.97. The average Bonchev–Trinajstić information content (AvgIpc) is 3.01. The summed E-state index contributed by atoms with van der Waals surface area (Å²) in [4.78, 5) is 14.4. The third-order valence-electron chi connectivity index (χ3n) is 3.97. The second kappa shape index (κ2) is 6.32. The lowest BCUT2D eigenvalue weighted by Gasteiger charge is -2.36. The average molecular weight is 298 g/mol. The number of amides is 1. The molecule has 1 aromatic carbocycles. The van der Waals surface area contributed by atoms with Crippen molar-refractivity contribution in [1.82, 2.24) is 20.0 Å². The van der Waals surface area contributed by atoms with Crippen LogP contribution in [-0.2, 0) is 11.2 Å². The summed E-state index contributed by atoms with van der Waals surface area (Å²) in [6, 6.07) is 10.6. The maximum Gasteiger partial charge on any atom is 0.227 e. The number of carbonyl (C=O) groups excluding carboxylic acids is 1. The fourth-order valence-electron chi connectivity index (χ4n) is 3.00. The highest BCUT2D eigenvalue weighted by atomic mass is 16.2. The highest BCUT2D eigenvalue weighted by molar-refractivity contribution is 5.79. The number of nitrogens with zero attached hydrogens (tertiary/aromatic N) is 3. The zero-order chi connectivity index (χ0) is 15.5. The molecule has 2 aromatic rings. The van der Waals surface area contributed by atoms with Crippen molar-refractivity contribution in [2.45, 2.75) is 32.4 Å². The molecule has 5 heteroatoms. The predicted molar refractivity (Wildman–Crippen MR) is 85.9 cm³/mol. The van der Waals surface area contributed by atoms with E-state index in [-0.39, 0.29) is 5.91 Å². The molecule has 1 aliphatic heterocycles. The molecule has 22 heavy (non-hydrogen) atoms. The highest BCUT2D eigenvalue weighted by Crippen LogP contribution is 2.12.